The van der Waals surface area contributed by atoms with Gasteiger partial charge in [0.2, 0.25) is 0 Å². The van der Waals surface area contributed by atoms with Crippen LogP contribution in [0.3, 0.4) is 0 Å². The lowest BCUT2D eigenvalue weighted by molar-refractivity contribution is 0.191. The largest absolute Gasteiger partial charge is 0.326 e. The fourth-order valence-corrected chi connectivity index (χ4v) is 2.33. The van der Waals surface area contributed by atoms with Gasteiger partial charge in [0.1, 0.15) is 0 Å². The molecular formula is C15H26ClN3. The van der Waals surface area contributed by atoms with E-state index in [1.54, 1.807) is 0 Å². The predicted octanol–water partition coefficient (Wildman–Crippen LogP) is 2.61. The fraction of sp³-hybridized carbons (Fsp3) is 0.600. The number of halogens is 1. The Morgan fingerprint density at radius 2 is 1.68 bits per heavy atom. The van der Waals surface area contributed by atoms with Crippen LogP contribution in [0.5, 0.6) is 0 Å². The van der Waals surface area contributed by atoms with Gasteiger partial charge >= 0.3 is 0 Å². The van der Waals surface area contributed by atoms with Gasteiger partial charge in [0.25, 0.3) is 0 Å². The first-order chi connectivity index (χ1) is 8.95. The van der Waals surface area contributed by atoms with Crippen molar-refractivity contribution in [3.05, 3.63) is 34.9 Å². The SMILES string of the molecule is CCC(N)C(c1ccc(Cl)cc1)N(C)CCN(C)C. The molecule has 4 heteroatoms. The van der Waals surface area contributed by atoms with Crippen molar-refractivity contribution in [2.45, 2.75) is 25.4 Å². The summed E-state index contributed by atoms with van der Waals surface area (Å²) in [6, 6.07) is 8.40. The van der Waals surface area contributed by atoms with Crippen LogP contribution in [-0.2, 0) is 0 Å². The Hall–Kier alpha value is -0.610. The van der Waals surface area contributed by atoms with E-state index in [0.29, 0.717) is 0 Å². The molecule has 1 aromatic rings. The first kappa shape index (κ1) is 16.4. The highest BCUT2D eigenvalue weighted by molar-refractivity contribution is 6.30. The zero-order chi connectivity index (χ0) is 14.4. The Morgan fingerprint density at radius 1 is 1.11 bits per heavy atom. The number of nitrogens with two attached hydrogens (primary N) is 1. The number of hydrogen-bond donors (Lipinski definition) is 1. The van der Waals surface area contributed by atoms with Gasteiger partial charge in [-0.25, -0.2) is 0 Å². The molecule has 19 heavy (non-hydrogen) atoms. The van der Waals surface area contributed by atoms with Gasteiger partial charge in [0.15, 0.2) is 0 Å². The van der Waals surface area contributed by atoms with Gasteiger partial charge in [-0.15, -0.1) is 0 Å². The lowest BCUT2D eigenvalue weighted by atomic mass is 9.96. The summed E-state index contributed by atoms with van der Waals surface area (Å²) in [5, 5.41) is 0.767. The van der Waals surface area contributed by atoms with Crippen LogP contribution in [0.1, 0.15) is 24.9 Å². The quantitative estimate of drug-likeness (QED) is 0.835. The second-order valence-electron chi connectivity index (χ2n) is 5.35. The van der Waals surface area contributed by atoms with Crippen LogP contribution in [0.2, 0.25) is 5.02 Å². The first-order valence-corrected chi connectivity index (χ1v) is 7.19. The maximum atomic E-state index is 6.31. The number of rotatable bonds is 7. The molecule has 1 aromatic carbocycles. The van der Waals surface area contributed by atoms with Crippen LogP contribution >= 0.6 is 11.6 Å². The topological polar surface area (TPSA) is 32.5 Å². The Balaban J connectivity index is 2.85. The maximum Gasteiger partial charge on any atom is 0.0496 e. The molecule has 0 aliphatic heterocycles. The highest BCUT2D eigenvalue weighted by Crippen LogP contribution is 2.25. The lowest BCUT2D eigenvalue weighted by Gasteiger charge is -2.33. The minimum atomic E-state index is 0.133. The molecule has 2 atom stereocenters. The minimum absolute atomic E-state index is 0.133. The van der Waals surface area contributed by atoms with E-state index >= 15 is 0 Å². The molecule has 0 fully saturated rings. The zero-order valence-electron chi connectivity index (χ0n) is 12.4. The van der Waals surface area contributed by atoms with Gasteiger partial charge in [-0.1, -0.05) is 30.7 Å². The molecule has 0 bridgehead atoms. The molecule has 3 nitrogen and oxygen atoms in total. The summed E-state index contributed by atoms with van der Waals surface area (Å²) < 4.78 is 0. The van der Waals surface area contributed by atoms with Crippen LogP contribution in [0.15, 0.2) is 24.3 Å². The van der Waals surface area contributed by atoms with Crippen LogP contribution in [-0.4, -0.2) is 50.1 Å². The Labute approximate surface area is 122 Å². The summed E-state index contributed by atoms with van der Waals surface area (Å²) >= 11 is 5.96. The molecule has 2 N–H and O–H groups in total. The van der Waals surface area contributed by atoms with Crippen molar-refractivity contribution < 1.29 is 0 Å². The van der Waals surface area contributed by atoms with Crippen LogP contribution in [0.4, 0.5) is 0 Å². The summed E-state index contributed by atoms with van der Waals surface area (Å²) in [4.78, 5) is 4.52. The van der Waals surface area contributed by atoms with E-state index in [-0.39, 0.29) is 12.1 Å². The van der Waals surface area contributed by atoms with Gasteiger partial charge < -0.3 is 10.6 Å². The minimum Gasteiger partial charge on any atom is -0.326 e. The van der Waals surface area contributed by atoms with E-state index in [2.05, 4.69) is 50.0 Å². The second-order valence-corrected chi connectivity index (χ2v) is 5.79. The summed E-state index contributed by atoms with van der Waals surface area (Å²) in [5.74, 6) is 0. The first-order valence-electron chi connectivity index (χ1n) is 6.81. The molecule has 0 spiro atoms. The lowest BCUT2D eigenvalue weighted by Crippen LogP contribution is -2.41. The van der Waals surface area contributed by atoms with Gasteiger partial charge in [0.05, 0.1) is 0 Å². The monoisotopic (exact) mass is 283 g/mol. The normalized spacial score (nSPS) is 14.9. The van der Waals surface area contributed by atoms with Crippen molar-refractivity contribution in [2.75, 3.05) is 34.2 Å². The van der Waals surface area contributed by atoms with Crippen LogP contribution < -0.4 is 5.73 Å². The molecular weight excluding hydrogens is 258 g/mol. The Kier molecular flexibility index (Phi) is 6.80. The van der Waals surface area contributed by atoms with E-state index in [1.165, 1.54) is 5.56 Å². The molecule has 0 saturated heterocycles. The van der Waals surface area contributed by atoms with Crippen molar-refractivity contribution in [2.24, 2.45) is 5.73 Å². The smallest absolute Gasteiger partial charge is 0.0496 e. The highest BCUT2D eigenvalue weighted by atomic mass is 35.5. The zero-order valence-corrected chi connectivity index (χ0v) is 13.2. The Bertz CT molecular complexity index is 364. The predicted molar refractivity (Wildman–Crippen MR) is 83.6 cm³/mol. The van der Waals surface area contributed by atoms with Gasteiger partial charge in [0, 0.05) is 30.2 Å². The average Bonchev–Trinajstić information content (AvgIpc) is 2.38. The van der Waals surface area contributed by atoms with Crippen LogP contribution in [0.25, 0.3) is 0 Å². The van der Waals surface area contributed by atoms with Gasteiger partial charge in [-0.3, -0.25) is 4.90 Å². The summed E-state index contributed by atoms with van der Waals surface area (Å²) in [5.41, 5.74) is 7.54. The average molecular weight is 284 g/mol. The summed E-state index contributed by atoms with van der Waals surface area (Å²) in [6.07, 6.45) is 0.958. The number of hydrogen-bond acceptors (Lipinski definition) is 3. The van der Waals surface area contributed by atoms with Crippen LogP contribution in [0, 0.1) is 0 Å². The van der Waals surface area contributed by atoms with Gasteiger partial charge in [-0.2, -0.15) is 0 Å². The van der Waals surface area contributed by atoms with E-state index in [9.17, 15) is 0 Å². The molecule has 2 unspecified atom stereocenters. The number of benzene rings is 1. The van der Waals surface area contributed by atoms with Gasteiger partial charge in [-0.05, 0) is 45.3 Å². The maximum absolute atomic E-state index is 6.31. The fourth-order valence-electron chi connectivity index (χ4n) is 2.21. The molecule has 1 rings (SSSR count). The molecule has 0 aliphatic carbocycles. The van der Waals surface area contributed by atoms with Crippen molar-refractivity contribution in [3.8, 4) is 0 Å². The third-order valence-corrected chi connectivity index (χ3v) is 3.72. The third-order valence-electron chi connectivity index (χ3n) is 3.46. The van der Waals surface area contributed by atoms with Crippen molar-refractivity contribution in [1.82, 2.24) is 9.80 Å². The number of nitrogens with zero attached hydrogens (tertiary/aromatic N) is 2. The van der Waals surface area contributed by atoms with Crippen molar-refractivity contribution in [3.63, 3.8) is 0 Å². The molecule has 0 amide bonds. The molecule has 0 heterocycles. The Morgan fingerprint density at radius 3 is 2.16 bits per heavy atom. The molecule has 0 aromatic heterocycles. The summed E-state index contributed by atoms with van der Waals surface area (Å²) in [6.45, 7) is 4.15. The molecule has 0 saturated carbocycles. The second kappa shape index (κ2) is 7.85. The molecule has 0 radical (unpaired) electrons. The van der Waals surface area contributed by atoms with E-state index in [1.807, 2.05) is 12.1 Å². The van der Waals surface area contributed by atoms with E-state index < -0.39 is 0 Å². The molecule has 108 valence electrons. The molecule has 0 aliphatic rings. The third kappa shape index (κ3) is 5.11. The van der Waals surface area contributed by atoms with E-state index in [4.69, 9.17) is 17.3 Å². The van der Waals surface area contributed by atoms with Crippen molar-refractivity contribution >= 4 is 11.6 Å². The summed E-state index contributed by atoms with van der Waals surface area (Å²) in [7, 11) is 6.31. The van der Waals surface area contributed by atoms with Crippen molar-refractivity contribution in [1.29, 1.82) is 0 Å². The highest BCUT2D eigenvalue weighted by Gasteiger charge is 2.22. The van der Waals surface area contributed by atoms with E-state index in [0.717, 1.165) is 24.5 Å². The standard InChI is InChI=1S/C15H26ClN3/c1-5-14(17)15(19(4)11-10-18(2)3)12-6-8-13(16)9-7-12/h6-9,14-15H,5,10-11,17H2,1-4H3. The number of likely N-dealkylation sites (N-methyl/N-ethyl adjacent to an activating group) is 2.